The van der Waals surface area contributed by atoms with E-state index in [2.05, 4.69) is 221 Å². The minimum Gasteiger partial charge on any atom is -0.313 e. The van der Waals surface area contributed by atoms with Crippen molar-refractivity contribution in [2.24, 2.45) is 0 Å². The molecule has 0 N–H and O–H groups in total. The molecule has 6 nitrogen and oxygen atoms in total. The van der Waals surface area contributed by atoms with Crippen LogP contribution in [0.1, 0.15) is 40.9 Å². The van der Waals surface area contributed by atoms with Gasteiger partial charge in [0.2, 0.25) is 0 Å². The van der Waals surface area contributed by atoms with E-state index in [0.29, 0.717) is 11.3 Å². The maximum Gasteiger partial charge on any atom is 0.101 e. The summed E-state index contributed by atoms with van der Waals surface area (Å²) in [5.74, 6) is 0.173. The summed E-state index contributed by atoms with van der Waals surface area (Å²) in [6.45, 7) is 12.4. The lowest BCUT2D eigenvalue weighted by molar-refractivity contribution is 0.797. The molecule has 4 heterocycles. The van der Waals surface area contributed by atoms with E-state index < -0.39 is 0 Å². The lowest BCUT2D eigenvalue weighted by Crippen LogP contribution is -2.18. The van der Waals surface area contributed by atoms with E-state index in [4.69, 9.17) is 0 Å². The molecule has 1 atom stereocenters. The normalized spacial score (nSPS) is 14.8. The van der Waals surface area contributed by atoms with Crippen molar-refractivity contribution in [2.45, 2.75) is 26.2 Å². The Kier molecular flexibility index (Phi) is 9.39. The first-order valence-electron chi connectivity index (χ1n) is 23.0. The number of para-hydroxylation sites is 4. The highest BCUT2D eigenvalue weighted by molar-refractivity contribution is 6.22. The van der Waals surface area contributed by atoms with Gasteiger partial charge >= 0.3 is 0 Å². The lowest BCUT2D eigenvalue weighted by Gasteiger charge is -2.27. The van der Waals surface area contributed by atoms with Gasteiger partial charge in [-0.1, -0.05) is 135 Å². The van der Waals surface area contributed by atoms with Gasteiger partial charge in [-0.2, -0.15) is 10.5 Å². The summed E-state index contributed by atoms with van der Waals surface area (Å²) in [5, 5.41) is 28.7. The van der Waals surface area contributed by atoms with Crippen LogP contribution in [-0.4, -0.2) is 13.7 Å². The molecule has 2 aliphatic rings. The van der Waals surface area contributed by atoms with Gasteiger partial charge in [0.1, 0.15) is 12.1 Å². The Morgan fingerprint density at radius 3 is 2.16 bits per heavy atom. The number of nitriles is 2. The van der Waals surface area contributed by atoms with Crippen molar-refractivity contribution < 1.29 is 0 Å². The van der Waals surface area contributed by atoms with Crippen LogP contribution in [0, 0.1) is 29.6 Å². The number of hydrogen-bond acceptors (Lipinski definition) is 3. The van der Waals surface area contributed by atoms with Gasteiger partial charge in [-0.15, -0.1) is 0 Å². The number of fused-ring (bicyclic) bond motifs is 12. The molecule has 322 valence electrons. The van der Waals surface area contributed by atoms with Gasteiger partial charge in [-0.25, -0.2) is 0 Å². The highest BCUT2D eigenvalue weighted by Gasteiger charge is 2.39. The van der Waals surface area contributed by atoms with Crippen molar-refractivity contribution in [3.05, 3.63) is 234 Å². The first-order chi connectivity index (χ1) is 33.4. The summed E-state index contributed by atoms with van der Waals surface area (Å²) in [5.41, 5.74) is 16.3. The van der Waals surface area contributed by atoms with Crippen molar-refractivity contribution in [3.63, 3.8) is 0 Å². The number of rotatable bonds is 8. The van der Waals surface area contributed by atoms with Crippen LogP contribution in [0.25, 0.3) is 83.6 Å². The fourth-order valence-electron chi connectivity index (χ4n) is 11.2. The smallest absolute Gasteiger partial charge is 0.101 e. The zero-order chi connectivity index (χ0) is 46.2. The molecule has 6 heteroatoms. The van der Waals surface area contributed by atoms with Crippen LogP contribution < -0.4 is 4.90 Å². The van der Waals surface area contributed by atoms with Crippen molar-refractivity contribution in [1.82, 2.24) is 13.7 Å². The van der Waals surface area contributed by atoms with E-state index in [0.717, 1.165) is 94.8 Å². The second-order valence-corrected chi connectivity index (χ2v) is 17.7. The largest absolute Gasteiger partial charge is 0.313 e. The Bertz CT molecular complexity index is 4030. The Labute approximate surface area is 394 Å². The second-order valence-electron chi connectivity index (χ2n) is 17.7. The van der Waals surface area contributed by atoms with Gasteiger partial charge in [-0.3, -0.25) is 0 Å². The molecule has 0 saturated heterocycles. The molecule has 1 aliphatic carbocycles. The standard InChI is InChI=1S/C62H44N6/c1-5-6-21-46-41(4)65(54-26-15-12-23-48(46)54)45-30-32-57-53(34-45)62-47-22-11-10-18-42(47)29-31-58(62)68(57)59(39(2)37-63)33-43(38-64)40(3)66-55-27-16-13-24-49(55)51-35-52-50-25-14-17-28-56(50)67(61(52)36-60(51)66)44-19-8-7-9-20-44/h5-34,36,52H,1-2,35H2,3-4H3/b21-6-,43-40-,59-33+. The molecular weight excluding hydrogens is 829 g/mol. The van der Waals surface area contributed by atoms with Crippen molar-refractivity contribution >= 4 is 89.3 Å². The Balaban J connectivity index is 1.09. The summed E-state index contributed by atoms with van der Waals surface area (Å²) in [4.78, 5) is 2.39. The fraction of sp³-hybridized carbons (Fsp3) is 0.0645. The number of allylic oxidation sites excluding steroid dienone is 8. The molecule has 68 heavy (non-hydrogen) atoms. The third kappa shape index (κ3) is 5.95. The first-order valence-corrected chi connectivity index (χ1v) is 23.0. The Morgan fingerprint density at radius 2 is 1.37 bits per heavy atom. The number of aromatic nitrogens is 3. The fourth-order valence-corrected chi connectivity index (χ4v) is 11.2. The Morgan fingerprint density at radius 1 is 0.676 bits per heavy atom. The number of benzene rings is 7. The molecule has 0 saturated carbocycles. The monoisotopic (exact) mass is 872 g/mol. The molecule has 12 rings (SSSR count). The summed E-state index contributed by atoms with van der Waals surface area (Å²) >= 11 is 0. The molecule has 0 spiro atoms. The molecule has 3 aromatic heterocycles. The van der Waals surface area contributed by atoms with Crippen LogP contribution >= 0.6 is 0 Å². The molecule has 1 aliphatic heterocycles. The molecule has 1 unspecified atom stereocenters. The zero-order valence-corrected chi connectivity index (χ0v) is 37.8. The Hall–Kier alpha value is -9.10. The highest BCUT2D eigenvalue weighted by atomic mass is 15.2. The SMILES string of the molecule is C=C/C=C\c1c(C)n(-c2ccc3c(c2)c2c4ccccc4ccc2n3/C(=C/C(C#N)=C(\C)n2c3c(c4ccccc42)CC2C(=C3)N(c3ccccc3)c3ccccc32)C(=C)C#N)c2ccccc12. The maximum absolute atomic E-state index is 11.3. The average Bonchev–Trinajstić information content (AvgIpc) is 4.09. The summed E-state index contributed by atoms with van der Waals surface area (Å²) in [6, 6.07) is 60.5. The van der Waals surface area contributed by atoms with E-state index in [-0.39, 0.29) is 11.5 Å². The highest BCUT2D eigenvalue weighted by Crippen LogP contribution is 2.53. The van der Waals surface area contributed by atoms with E-state index in [1.165, 1.54) is 22.5 Å². The third-order valence-electron chi connectivity index (χ3n) is 14.2. The molecular formula is C62H44N6. The van der Waals surface area contributed by atoms with E-state index >= 15 is 0 Å². The second kappa shape index (κ2) is 15.8. The molecule has 0 radical (unpaired) electrons. The van der Waals surface area contributed by atoms with Crippen LogP contribution in [0.5, 0.6) is 0 Å². The summed E-state index contributed by atoms with van der Waals surface area (Å²) < 4.78 is 6.69. The predicted molar refractivity (Wildman–Crippen MR) is 283 cm³/mol. The van der Waals surface area contributed by atoms with E-state index in [1.807, 2.05) is 19.1 Å². The zero-order valence-electron chi connectivity index (χ0n) is 37.8. The van der Waals surface area contributed by atoms with Crippen LogP contribution in [-0.2, 0) is 6.42 Å². The topological polar surface area (TPSA) is 65.6 Å². The first kappa shape index (κ1) is 40.4. The molecule has 0 bridgehead atoms. The van der Waals surface area contributed by atoms with Gasteiger partial charge < -0.3 is 18.6 Å². The predicted octanol–water partition coefficient (Wildman–Crippen LogP) is 15.6. The lowest BCUT2D eigenvalue weighted by atomic mass is 9.86. The molecule has 0 amide bonds. The molecule has 0 fully saturated rings. The average molecular weight is 873 g/mol. The summed E-state index contributed by atoms with van der Waals surface area (Å²) in [6.07, 6.45) is 10.9. The van der Waals surface area contributed by atoms with Crippen LogP contribution in [0.15, 0.2) is 206 Å². The summed E-state index contributed by atoms with van der Waals surface area (Å²) in [7, 11) is 0. The van der Waals surface area contributed by atoms with Crippen molar-refractivity contribution in [3.8, 4) is 17.8 Å². The number of nitrogens with zero attached hydrogens (tertiary/aromatic N) is 6. The van der Waals surface area contributed by atoms with Crippen LogP contribution in [0.2, 0.25) is 0 Å². The van der Waals surface area contributed by atoms with Crippen LogP contribution in [0.4, 0.5) is 11.4 Å². The quantitative estimate of drug-likeness (QED) is 0.113. The van der Waals surface area contributed by atoms with E-state index in [1.54, 1.807) is 6.08 Å². The van der Waals surface area contributed by atoms with Crippen molar-refractivity contribution in [1.29, 1.82) is 10.5 Å². The van der Waals surface area contributed by atoms with Gasteiger partial charge in [0, 0.05) is 67.2 Å². The van der Waals surface area contributed by atoms with Gasteiger partial charge in [0.25, 0.3) is 0 Å². The minimum atomic E-state index is 0.173. The van der Waals surface area contributed by atoms with Gasteiger partial charge in [0.05, 0.1) is 44.6 Å². The van der Waals surface area contributed by atoms with Crippen LogP contribution in [0.3, 0.4) is 0 Å². The number of anilines is 2. The van der Waals surface area contributed by atoms with Gasteiger partial charge in [0.15, 0.2) is 0 Å². The molecule has 10 aromatic rings. The van der Waals surface area contributed by atoms with E-state index in [9.17, 15) is 10.5 Å². The minimum absolute atomic E-state index is 0.173. The number of hydrogen-bond donors (Lipinski definition) is 0. The van der Waals surface area contributed by atoms with Crippen molar-refractivity contribution in [2.75, 3.05) is 4.90 Å². The van der Waals surface area contributed by atoms with Gasteiger partial charge in [-0.05, 0) is 109 Å². The third-order valence-corrected chi connectivity index (χ3v) is 14.2. The molecule has 7 aromatic carbocycles. The maximum atomic E-state index is 11.3.